The summed E-state index contributed by atoms with van der Waals surface area (Å²) in [6, 6.07) is 0. The van der Waals surface area contributed by atoms with Crippen LogP contribution < -0.4 is 0 Å². The first-order valence-electron chi connectivity index (χ1n) is 3.51. The van der Waals surface area contributed by atoms with E-state index in [1.54, 1.807) is 0 Å². The van der Waals surface area contributed by atoms with E-state index in [9.17, 15) is 18.4 Å². The minimum Gasteiger partial charge on any atom is -0.481 e. The van der Waals surface area contributed by atoms with Gasteiger partial charge in [-0.2, -0.15) is 0 Å². The number of isocyanates is 1. The molecule has 0 aliphatic rings. The number of carboxylic acid groups (broad SMARTS) is 1. The van der Waals surface area contributed by atoms with Crippen molar-refractivity contribution in [2.45, 2.75) is 19.3 Å². The largest absolute Gasteiger partial charge is 0.481 e. The second-order valence-electron chi connectivity index (χ2n) is 2.74. The van der Waals surface area contributed by atoms with Crippen LogP contribution in [-0.2, 0) is 9.59 Å². The number of hydrogen-bond acceptors (Lipinski definition) is 3. The molecule has 74 valence electrons. The zero-order chi connectivity index (χ0) is 10.5. The van der Waals surface area contributed by atoms with Gasteiger partial charge in [-0.3, -0.25) is 4.79 Å². The first kappa shape index (κ1) is 11.7. The van der Waals surface area contributed by atoms with Crippen molar-refractivity contribution in [1.82, 2.24) is 0 Å². The van der Waals surface area contributed by atoms with Crippen LogP contribution in [0.3, 0.4) is 0 Å². The molecule has 0 bridgehead atoms. The van der Waals surface area contributed by atoms with Crippen LogP contribution in [0.25, 0.3) is 0 Å². The molecule has 0 heterocycles. The highest BCUT2D eigenvalue weighted by Crippen LogP contribution is 2.22. The van der Waals surface area contributed by atoms with Crippen LogP contribution in [0.4, 0.5) is 8.78 Å². The molecular formula is C7H9F2NO3. The average Bonchev–Trinajstić information content (AvgIpc) is 1.95. The molecule has 6 heteroatoms. The highest BCUT2D eigenvalue weighted by atomic mass is 19.3. The lowest BCUT2D eigenvalue weighted by Crippen LogP contribution is -2.25. The number of rotatable bonds is 5. The minimum atomic E-state index is -3.07. The molecule has 1 atom stereocenters. The Labute approximate surface area is 73.3 Å². The number of hydrogen-bond donors (Lipinski definition) is 1. The zero-order valence-corrected chi connectivity index (χ0v) is 6.96. The number of halogens is 2. The van der Waals surface area contributed by atoms with Gasteiger partial charge in [0.2, 0.25) is 12.0 Å². The van der Waals surface area contributed by atoms with Gasteiger partial charge in [-0.1, -0.05) is 0 Å². The van der Waals surface area contributed by atoms with Crippen LogP contribution in [0, 0.1) is 5.92 Å². The molecule has 0 rings (SSSR count). The van der Waals surface area contributed by atoms with Gasteiger partial charge in [-0.05, 0) is 6.92 Å². The molecule has 0 aliphatic carbocycles. The highest BCUT2D eigenvalue weighted by Gasteiger charge is 2.30. The monoisotopic (exact) mass is 193 g/mol. The van der Waals surface area contributed by atoms with Gasteiger partial charge in [0.25, 0.3) is 0 Å². The quantitative estimate of drug-likeness (QED) is 0.524. The summed E-state index contributed by atoms with van der Waals surface area (Å²) in [4.78, 5) is 22.9. The van der Waals surface area contributed by atoms with Gasteiger partial charge in [0, 0.05) is 6.42 Å². The van der Waals surface area contributed by atoms with Crippen LogP contribution in [0.2, 0.25) is 0 Å². The van der Waals surface area contributed by atoms with E-state index >= 15 is 0 Å². The molecule has 0 aromatic heterocycles. The second-order valence-corrected chi connectivity index (χ2v) is 2.74. The first-order chi connectivity index (χ1) is 5.87. The van der Waals surface area contributed by atoms with Crippen LogP contribution >= 0.6 is 0 Å². The molecule has 0 saturated heterocycles. The van der Waals surface area contributed by atoms with E-state index < -0.39 is 30.8 Å². The number of carboxylic acids is 1. The Morgan fingerprint density at radius 1 is 1.69 bits per heavy atom. The molecule has 0 fully saturated rings. The van der Waals surface area contributed by atoms with Crippen molar-refractivity contribution in [2.75, 3.05) is 6.54 Å². The fraction of sp³-hybridized carbons (Fsp3) is 0.714. The summed E-state index contributed by atoms with van der Waals surface area (Å²) < 4.78 is 24.7. The van der Waals surface area contributed by atoms with Crippen LogP contribution in [0.5, 0.6) is 0 Å². The molecule has 0 aliphatic heterocycles. The average molecular weight is 193 g/mol. The molecule has 0 aromatic rings. The lowest BCUT2D eigenvalue weighted by Gasteiger charge is -2.14. The van der Waals surface area contributed by atoms with E-state index in [0.29, 0.717) is 6.92 Å². The predicted molar refractivity (Wildman–Crippen MR) is 39.4 cm³/mol. The number of carbonyl (C=O) groups is 1. The summed E-state index contributed by atoms with van der Waals surface area (Å²) in [6.07, 6.45) is 0.280. The number of carbonyl (C=O) groups excluding carboxylic acids is 1. The van der Waals surface area contributed by atoms with Crippen molar-refractivity contribution >= 4 is 12.0 Å². The maximum atomic E-state index is 12.4. The molecule has 1 N–H and O–H groups in total. The summed E-state index contributed by atoms with van der Waals surface area (Å²) in [5.74, 6) is -5.79. The van der Waals surface area contributed by atoms with Crippen molar-refractivity contribution in [2.24, 2.45) is 10.9 Å². The van der Waals surface area contributed by atoms with Crippen LogP contribution in [0.15, 0.2) is 4.99 Å². The standard InChI is InChI=1S/C7H9F2NO3/c1-7(8,9)2-5(6(12)13)3-10-4-11/h5H,2-3H2,1H3,(H,12,13)/t5-/m0/s1. The van der Waals surface area contributed by atoms with Gasteiger partial charge in [0.1, 0.15) is 0 Å². The van der Waals surface area contributed by atoms with E-state index in [1.165, 1.54) is 0 Å². The van der Waals surface area contributed by atoms with Gasteiger partial charge in [0.15, 0.2) is 0 Å². The van der Waals surface area contributed by atoms with Crippen molar-refractivity contribution in [1.29, 1.82) is 0 Å². The van der Waals surface area contributed by atoms with Crippen molar-refractivity contribution in [3.63, 3.8) is 0 Å². The molecule has 4 nitrogen and oxygen atoms in total. The van der Waals surface area contributed by atoms with E-state index in [0.717, 1.165) is 6.08 Å². The molecule has 0 aromatic carbocycles. The first-order valence-corrected chi connectivity index (χ1v) is 3.51. The Morgan fingerprint density at radius 3 is 2.54 bits per heavy atom. The highest BCUT2D eigenvalue weighted by molar-refractivity contribution is 5.70. The second kappa shape index (κ2) is 4.67. The molecule has 0 radical (unpaired) electrons. The number of aliphatic imine (C=N–C) groups is 1. The molecule has 0 saturated carbocycles. The summed E-state index contributed by atoms with van der Waals surface area (Å²) in [7, 11) is 0. The molecule has 0 amide bonds. The summed E-state index contributed by atoms with van der Waals surface area (Å²) in [5, 5.41) is 8.44. The van der Waals surface area contributed by atoms with Gasteiger partial charge < -0.3 is 5.11 Å². The van der Waals surface area contributed by atoms with E-state index in [1.807, 2.05) is 0 Å². The SMILES string of the molecule is CC(F)(F)C[C@@H](CN=C=O)C(=O)O. The summed E-state index contributed by atoms with van der Waals surface area (Å²) >= 11 is 0. The van der Waals surface area contributed by atoms with Crippen molar-refractivity contribution < 1.29 is 23.5 Å². The molecule has 0 unspecified atom stereocenters. The molecule has 13 heavy (non-hydrogen) atoms. The van der Waals surface area contributed by atoms with Crippen LogP contribution in [-0.4, -0.2) is 29.6 Å². The normalized spacial score (nSPS) is 13.2. The number of aliphatic carboxylic acids is 1. The van der Waals surface area contributed by atoms with E-state index in [4.69, 9.17) is 5.11 Å². The Hall–Kier alpha value is -1.29. The topological polar surface area (TPSA) is 66.7 Å². The van der Waals surface area contributed by atoms with Gasteiger partial charge in [-0.15, -0.1) is 0 Å². The summed E-state index contributed by atoms with van der Waals surface area (Å²) in [6.45, 7) is 0.163. The van der Waals surface area contributed by atoms with Crippen molar-refractivity contribution in [3.05, 3.63) is 0 Å². The zero-order valence-electron chi connectivity index (χ0n) is 6.96. The Kier molecular flexibility index (Phi) is 4.20. The maximum Gasteiger partial charge on any atom is 0.308 e. The lowest BCUT2D eigenvalue weighted by atomic mass is 10.0. The maximum absolute atomic E-state index is 12.4. The third kappa shape index (κ3) is 5.93. The minimum absolute atomic E-state index is 0.456. The molecular weight excluding hydrogens is 184 g/mol. The fourth-order valence-corrected chi connectivity index (χ4v) is 0.810. The fourth-order valence-electron chi connectivity index (χ4n) is 0.810. The van der Waals surface area contributed by atoms with E-state index in [-0.39, 0.29) is 0 Å². The smallest absolute Gasteiger partial charge is 0.308 e. The van der Waals surface area contributed by atoms with Gasteiger partial charge >= 0.3 is 5.97 Å². The molecule has 0 spiro atoms. The number of nitrogens with zero attached hydrogens (tertiary/aromatic N) is 1. The Balaban J connectivity index is 4.26. The lowest BCUT2D eigenvalue weighted by molar-refractivity contribution is -0.144. The van der Waals surface area contributed by atoms with Crippen molar-refractivity contribution in [3.8, 4) is 0 Å². The third-order valence-corrected chi connectivity index (χ3v) is 1.33. The Bertz CT molecular complexity index is 230. The van der Waals surface area contributed by atoms with E-state index in [2.05, 4.69) is 4.99 Å². The predicted octanol–water partition coefficient (Wildman–Crippen LogP) is 1.07. The Morgan fingerprint density at radius 2 is 2.23 bits per heavy atom. The van der Waals surface area contributed by atoms with Gasteiger partial charge in [0.05, 0.1) is 12.5 Å². The summed E-state index contributed by atoms with van der Waals surface area (Å²) in [5.41, 5.74) is 0. The number of alkyl halides is 2. The van der Waals surface area contributed by atoms with Gasteiger partial charge in [-0.25, -0.2) is 18.6 Å². The van der Waals surface area contributed by atoms with Crippen LogP contribution in [0.1, 0.15) is 13.3 Å². The third-order valence-electron chi connectivity index (χ3n) is 1.33.